The fraction of sp³-hybridized carbons (Fsp3) is 0.455. The Morgan fingerprint density at radius 2 is 2.21 bits per heavy atom. The van der Waals surface area contributed by atoms with Crippen LogP contribution in [0.25, 0.3) is 0 Å². The number of benzene rings is 1. The van der Waals surface area contributed by atoms with Crippen LogP contribution in [0.3, 0.4) is 0 Å². The molecule has 1 aromatic rings. The predicted octanol–water partition coefficient (Wildman–Crippen LogP) is 1.52. The van der Waals surface area contributed by atoms with Crippen molar-refractivity contribution < 1.29 is 9.50 Å². The van der Waals surface area contributed by atoms with Crippen molar-refractivity contribution in [2.24, 2.45) is 5.73 Å². The van der Waals surface area contributed by atoms with Gasteiger partial charge in [-0.2, -0.15) is 0 Å². The van der Waals surface area contributed by atoms with Crippen LogP contribution in [0.1, 0.15) is 30.1 Å². The molecule has 0 saturated heterocycles. The SMILES string of the molecule is N[C@H]1CCCc2ccc(F)cc2[C@@H]1O. The minimum Gasteiger partial charge on any atom is -0.387 e. The van der Waals surface area contributed by atoms with E-state index in [1.807, 2.05) is 0 Å². The van der Waals surface area contributed by atoms with Crippen molar-refractivity contribution in [3.8, 4) is 0 Å². The van der Waals surface area contributed by atoms with Crippen LogP contribution in [-0.4, -0.2) is 11.1 Å². The van der Waals surface area contributed by atoms with Crippen molar-refractivity contribution in [1.29, 1.82) is 0 Å². The van der Waals surface area contributed by atoms with Crippen molar-refractivity contribution in [3.63, 3.8) is 0 Å². The number of rotatable bonds is 0. The molecule has 14 heavy (non-hydrogen) atoms. The summed E-state index contributed by atoms with van der Waals surface area (Å²) in [6.07, 6.45) is 1.90. The summed E-state index contributed by atoms with van der Waals surface area (Å²) in [5.41, 5.74) is 7.45. The van der Waals surface area contributed by atoms with Gasteiger partial charge in [-0.3, -0.25) is 0 Å². The maximum atomic E-state index is 13.0. The number of hydrogen-bond acceptors (Lipinski definition) is 2. The molecule has 3 heteroatoms. The molecule has 1 aliphatic rings. The summed E-state index contributed by atoms with van der Waals surface area (Å²) in [7, 11) is 0. The Labute approximate surface area is 82.5 Å². The first-order chi connectivity index (χ1) is 6.68. The lowest BCUT2D eigenvalue weighted by atomic mass is 9.99. The summed E-state index contributed by atoms with van der Waals surface area (Å²) in [5.74, 6) is -0.308. The van der Waals surface area contributed by atoms with E-state index in [2.05, 4.69) is 0 Å². The van der Waals surface area contributed by atoms with E-state index in [9.17, 15) is 9.50 Å². The van der Waals surface area contributed by atoms with Crippen LogP contribution in [-0.2, 0) is 6.42 Å². The molecule has 0 heterocycles. The first kappa shape index (κ1) is 9.62. The van der Waals surface area contributed by atoms with Gasteiger partial charge in [0.15, 0.2) is 0 Å². The van der Waals surface area contributed by atoms with Crippen molar-refractivity contribution >= 4 is 0 Å². The lowest BCUT2D eigenvalue weighted by molar-refractivity contribution is 0.144. The van der Waals surface area contributed by atoms with Crippen molar-refractivity contribution in [2.75, 3.05) is 0 Å². The normalized spacial score (nSPS) is 26.8. The van der Waals surface area contributed by atoms with E-state index in [0.29, 0.717) is 5.56 Å². The molecule has 0 fully saturated rings. The molecule has 0 saturated carbocycles. The third-order valence-corrected chi connectivity index (χ3v) is 2.82. The summed E-state index contributed by atoms with van der Waals surface area (Å²) < 4.78 is 13.0. The molecule has 0 unspecified atom stereocenters. The zero-order valence-electron chi connectivity index (χ0n) is 7.91. The van der Waals surface area contributed by atoms with Crippen molar-refractivity contribution in [2.45, 2.75) is 31.4 Å². The van der Waals surface area contributed by atoms with E-state index in [1.165, 1.54) is 12.1 Å². The second-order valence-electron chi connectivity index (χ2n) is 3.84. The van der Waals surface area contributed by atoms with Gasteiger partial charge in [0.1, 0.15) is 5.82 Å². The Bertz CT molecular complexity index is 340. The molecule has 2 nitrogen and oxygen atoms in total. The second kappa shape index (κ2) is 3.67. The summed E-state index contributed by atoms with van der Waals surface area (Å²) in [6, 6.07) is 4.30. The molecule has 3 N–H and O–H groups in total. The molecular weight excluding hydrogens is 181 g/mol. The van der Waals surface area contributed by atoms with E-state index < -0.39 is 6.10 Å². The van der Waals surface area contributed by atoms with Crippen molar-refractivity contribution in [3.05, 3.63) is 35.1 Å². The molecule has 0 aliphatic heterocycles. The average molecular weight is 195 g/mol. The second-order valence-corrected chi connectivity index (χ2v) is 3.84. The standard InChI is InChI=1S/C11H14FNO/c12-8-5-4-7-2-1-3-10(13)11(14)9(7)6-8/h4-6,10-11,14H,1-3,13H2/t10-,11-/m0/s1. The molecule has 0 radical (unpaired) electrons. The predicted molar refractivity (Wildman–Crippen MR) is 52.3 cm³/mol. The Morgan fingerprint density at radius 1 is 1.43 bits per heavy atom. The van der Waals surface area contributed by atoms with Gasteiger partial charge in [-0.25, -0.2) is 4.39 Å². The quantitative estimate of drug-likeness (QED) is 0.616. The summed E-state index contributed by atoms with van der Waals surface area (Å²) in [5, 5.41) is 9.84. The molecule has 76 valence electrons. The number of aliphatic hydroxyl groups excluding tert-OH is 1. The Balaban J connectivity index is 2.44. The highest BCUT2D eigenvalue weighted by Crippen LogP contribution is 2.28. The minimum absolute atomic E-state index is 0.266. The number of nitrogens with two attached hydrogens (primary N) is 1. The molecule has 0 aromatic heterocycles. The third kappa shape index (κ3) is 1.65. The van der Waals surface area contributed by atoms with E-state index >= 15 is 0 Å². The molecule has 2 rings (SSSR count). The minimum atomic E-state index is -0.719. The number of fused-ring (bicyclic) bond motifs is 1. The average Bonchev–Trinajstić information content (AvgIpc) is 2.30. The Hall–Kier alpha value is -0.930. The Kier molecular flexibility index (Phi) is 2.52. The number of aryl methyl sites for hydroxylation is 1. The Morgan fingerprint density at radius 3 is 3.00 bits per heavy atom. The van der Waals surface area contributed by atoms with E-state index in [0.717, 1.165) is 24.8 Å². The molecule has 0 spiro atoms. The number of hydrogen-bond donors (Lipinski definition) is 2. The molecule has 0 bridgehead atoms. The van der Waals surface area contributed by atoms with Gasteiger partial charge >= 0.3 is 0 Å². The van der Waals surface area contributed by atoms with Gasteiger partial charge in [0.05, 0.1) is 6.10 Å². The highest BCUT2D eigenvalue weighted by molar-refractivity contribution is 5.31. The molecule has 0 amide bonds. The molecule has 1 aliphatic carbocycles. The fourth-order valence-corrected chi connectivity index (χ4v) is 1.99. The number of aliphatic hydroxyl groups is 1. The topological polar surface area (TPSA) is 46.2 Å². The fourth-order valence-electron chi connectivity index (χ4n) is 1.99. The smallest absolute Gasteiger partial charge is 0.123 e. The zero-order valence-corrected chi connectivity index (χ0v) is 7.91. The van der Waals surface area contributed by atoms with Gasteiger partial charge in [0, 0.05) is 6.04 Å². The van der Waals surface area contributed by atoms with E-state index in [4.69, 9.17) is 5.73 Å². The highest BCUT2D eigenvalue weighted by Gasteiger charge is 2.23. The molecular formula is C11H14FNO. The van der Waals surface area contributed by atoms with Gasteiger partial charge in [0.2, 0.25) is 0 Å². The summed E-state index contributed by atoms with van der Waals surface area (Å²) >= 11 is 0. The van der Waals surface area contributed by atoms with Crippen LogP contribution in [0.2, 0.25) is 0 Å². The first-order valence-electron chi connectivity index (χ1n) is 4.90. The lowest BCUT2D eigenvalue weighted by Crippen LogP contribution is -2.27. The third-order valence-electron chi connectivity index (χ3n) is 2.82. The molecule has 2 atom stereocenters. The van der Waals surface area contributed by atoms with Crippen LogP contribution < -0.4 is 5.73 Å². The van der Waals surface area contributed by atoms with E-state index in [-0.39, 0.29) is 11.9 Å². The van der Waals surface area contributed by atoms with Crippen LogP contribution >= 0.6 is 0 Å². The highest BCUT2D eigenvalue weighted by atomic mass is 19.1. The van der Waals surface area contributed by atoms with Gasteiger partial charge in [-0.1, -0.05) is 6.07 Å². The first-order valence-corrected chi connectivity index (χ1v) is 4.90. The van der Waals surface area contributed by atoms with Crippen LogP contribution in [0, 0.1) is 5.82 Å². The van der Waals surface area contributed by atoms with Crippen LogP contribution in [0.5, 0.6) is 0 Å². The van der Waals surface area contributed by atoms with Crippen LogP contribution in [0.15, 0.2) is 18.2 Å². The zero-order chi connectivity index (χ0) is 10.1. The molecule has 1 aromatic carbocycles. The van der Waals surface area contributed by atoms with Gasteiger partial charge < -0.3 is 10.8 Å². The van der Waals surface area contributed by atoms with Gasteiger partial charge in [0.25, 0.3) is 0 Å². The van der Waals surface area contributed by atoms with Gasteiger partial charge in [-0.15, -0.1) is 0 Å². The monoisotopic (exact) mass is 195 g/mol. The van der Waals surface area contributed by atoms with Crippen molar-refractivity contribution in [1.82, 2.24) is 0 Å². The summed E-state index contributed by atoms with van der Waals surface area (Å²) in [6.45, 7) is 0. The maximum absolute atomic E-state index is 13.0. The largest absolute Gasteiger partial charge is 0.387 e. The maximum Gasteiger partial charge on any atom is 0.123 e. The van der Waals surface area contributed by atoms with Crippen LogP contribution in [0.4, 0.5) is 4.39 Å². The number of halogens is 1. The summed E-state index contributed by atoms with van der Waals surface area (Å²) in [4.78, 5) is 0. The lowest BCUT2D eigenvalue weighted by Gasteiger charge is -2.17. The van der Waals surface area contributed by atoms with E-state index in [1.54, 1.807) is 6.07 Å². The van der Waals surface area contributed by atoms with Gasteiger partial charge in [-0.05, 0) is 42.5 Å².